The molecule has 0 N–H and O–H groups in total. The number of para-hydroxylation sites is 2. The average Bonchev–Trinajstić information content (AvgIpc) is 3.31. The molecule has 2 aromatic carbocycles. The van der Waals surface area contributed by atoms with Crippen LogP contribution in [0.3, 0.4) is 0 Å². The predicted octanol–water partition coefficient (Wildman–Crippen LogP) is 2.80. The van der Waals surface area contributed by atoms with E-state index in [9.17, 15) is 4.79 Å². The van der Waals surface area contributed by atoms with Gasteiger partial charge in [0.15, 0.2) is 22.8 Å². The summed E-state index contributed by atoms with van der Waals surface area (Å²) >= 11 is 1.39. The van der Waals surface area contributed by atoms with E-state index in [-0.39, 0.29) is 17.8 Å². The van der Waals surface area contributed by atoms with E-state index < -0.39 is 0 Å². The molecule has 3 aromatic rings. The molecule has 35 heavy (non-hydrogen) atoms. The van der Waals surface area contributed by atoms with E-state index in [4.69, 9.17) is 14.2 Å². The third-order valence-corrected chi connectivity index (χ3v) is 6.88. The Hall–Kier alpha value is -3.24. The Labute approximate surface area is 209 Å². The van der Waals surface area contributed by atoms with Gasteiger partial charge in [0.25, 0.3) is 0 Å². The van der Waals surface area contributed by atoms with E-state index >= 15 is 0 Å². The summed E-state index contributed by atoms with van der Waals surface area (Å²) in [6.07, 6.45) is -0.215. The van der Waals surface area contributed by atoms with Crippen molar-refractivity contribution in [1.29, 1.82) is 0 Å². The lowest BCUT2D eigenvalue weighted by Gasteiger charge is -2.29. The van der Waals surface area contributed by atoms with Gasteiger partial charge in [-0.3, -0.25) is 9.36 Å². The summed E-state index contributed by atoms with van der Waals surface area (Å²) in [5.41, 5.74) is 2.12. The summed E-state index contributed by atoms with van der Waals surface area (Å²) in [6, 6.07) is 15.8. The quantitative estimate of drug-likeness (QED) is 0.463. The fourth-order valence-electron chi connectivity index (χ4n) is 4.11. The third kappa shape index (κ3) is 5.38. The molecule has 1 atom stereocenters. The van der Waals surface area contributed by atoms with Gasteiger partial charge < -0.3 is 24.0 Å². The van der Waals surface area contributed by atoms with E-state index in [1.807, 2.05) is 41.0 Å². The number of aromatic nitrogens is 3. The molecule has 3 heterocycles. The van der Waals surface area contributed by atoms with E-state index in [0.29, 0.717) is 37.3 Å². The number of nitrogens with zero attached hydrogens (tertiary/aromatic N) is 5. The number of carbonyl (C=O) groups is 1. The largest absolute Gasteiger partial charge is 0.486 e. The van der Waals surface area contributed by atoms with E-state index in [0.717, 1.165) is 36.0 Å². The molecule has 0 bridgehead atoms. The van der Waals surface area contributed by atoms with Crippen LogP contribution in [0.4, 0.5) is 5.95 Å². The Morgan fingerprint density at radius 3 is 2.71 bits per heavy atom. The number of aryl methyl sites for hydroxylation is 1. The van der Waals surface area contributed by atoms with E-state index in [1.54, 1.807) is 11.9 Å². The summed E-state index contributed by atoms with van der Waals surface area (Å²) in [6.45, 7) is 5.73. The van der Waals surface area contributed by atoms with Crippen molar-refractivity contribution < 1.29 is 19.0 Å². The van der Waals surface area contributed by atoms with Crippen molar-refractivity contribution in [3.8, 4) is 17.2 Å². The van der Waals surface area contributed by atoms with Crippen LogP contribution in [0.1, 0.15) is 5.56 Å². The minimum Gasteiger partial charge on any atom is -0.486 e. The summed E-state index contributed by atoms with van der Waals surface area (Å²) < 4.78 is 19.3. The fraction of sp³-hybridized carbons (Fsp3) is 0.400. The monoisotopic (exact) mass is 495 g/mol. The average molecular weight is 496 g/mol. The molecule has 0 saturated carbocycles. The number of anilines is 1. The number of thioether (sulfide) groups is 1. The predicted molar refractivity (Wildman–Crippen MR) is 134 cm³/mol. The number of likely N-dealkylation sites (N-methyl/N-ethyl adjacent to an activating group) is 1. The minimum atomic E-state index is -0.215. The Balaban J connectivity index is 1.26. The number of hydrogen-bond acceptors (Lipinski definition) is 8. The Bertz CT molecular complexity index is 1180. The van der Waals surface area contributed by atoms with Gasteiger partial charge >= 0.3 is 0 Å². The van der Waals surface area contributed by atoms with Crippen LogP contribution >= 0.6 is 11.8 Å². The zero-order valence-electron chi connectivity index (χ0n) is 19.9. The van der Waals surface area contributed by atoms with Gasteiger partial charge in [0.05, 0.1) is 31.2 Å². The number of fused-ring (bicyclic) bond motifs is 1. The number of carbonyl (C=O) groups excluding carboxylic acids is 1. The number of amides is 1. The molecule has 0 radical (unpaired) electrons. The molecular formula is C25H29N5O4S. The Morgan fingerprint density at radius 1 is 1.11 bits per heavy atom. The standard InChI is InChI=1S/C25H29N5O4S/c1-18-6-5-7-19(14-18)30-24(29-10-12-32-13-11-29)26-27-25(30)35-17-23(31)28(2)15-20-16-33-21-8-3-4-9-22(21)34-20/h3-9,14,20H,10-13,15-17H2,1-2H3/t20-/m0/s1. The first-order valence-corrected chi connectivity index (χ1v) is 12.7. The van der Waals surface area contributed by atoms with Crippen LogP contribution < -0.4 is 14.4 Å². The van der Waals surface area contributed by atoms with Crippen molar-refractivity contribution in [3.05, 3.63) is 54.1 Å². The number of morpholine rings is 1. The van der Waals surface area contributed by atoms with Gasteiger partial charge in [0, 0.05) is 20.1 Å². The highest BCUT2D eigenvalue weighted by molar-refractivity contribution is 7.99. The van der Waals surface area contributed by atoms with Crippen molar-refractivity contribution >= 4 is 23.6 Å². The van der Waals surface area contributed by atoms with E-state index in [1.165, 1.54) is 11.8 Å². The van der Waals surface area contributed by atoms with Crippen LogP contribution in [0, 0.1) is 6.92 Å². The SMILES string of the molecule is Cc1cccc(-n2c(SCC(=O)N(C)C[C@H]3COc4ccccc4O3)nnc2N2CCOCC2)c1. The van der Waals surface area contributed by atoms with E-state index in [2.05, 4.69) is 34.2 Å². The van der Waals surface area contributed by atoms with Crippen molar-refractivity contribution in [2.24, 2.45) is 0 Å². The fourth-order valence-corrected chi connectivity index (χ4v) is 5.00. The zero-order chi connectivity index (χ0) is 24.2. The van der Waals surface area contributed by atoms with Crippen molar-refractivity contribution in [1.82, 2.24) is 19.7 Å². The third-order valence-electron chi connectivity index (χ3n) is 5.97. The number of rotatable bonds is 7. The molecule has 184 valence electrons. The summed E-state index contributed by atoms with van der Waals surface area (Å²) in [5.74, 6) is 2.45. The maximum Gasteiger partial charge on any atom is 0.232 e. The van der Waals surface area contributed by atoms with Crippen LogP contribution in [0.5, 0.6) is 11.5 Å². The van der Waals surface area contributed by atoms with Crippen molar-refractivity contribution in [2.75, 3.05) is 57.2 Å². The maximum absolute atomic E-state index is 13.0. The van der Waals surface area contributed by atoms with Gasteiger partial charge in [-0.05, 0) is 36.8 Å². The lowest BCUT2D eigenvalue weighted by molar-refractivity contribution is -0.128. The Kier molecular flexibility index (Phi) is 7.10. The number of hydrogen-bond donors (Lipinski definition) is 0. The number of benzene rings is 2. The van der Waals surface area contributed by atoms with Crippen LogP contribution in [0.15, 0.2) is 53.7 Å². The highest BCUT2D eigenvalue weighted by atomic mass is 32.2. The first-order valence-electron chi connectivity index (χ1n) is 11.7. The van der Waals surface area contributed by atoms with Gasteiger partial charge in [0.1, 0.15) is 6.61 Å². The first kappa shape index (κ1) is 23.5. The second-order valence-corrected chi connectivity index (χ2v) is 9.56. The molecule has 1 amide bonds. The minimum absolute atomic E-state index is 0.0100. The Morgan fingerprint density at radius 2 is 1.91 bits per heavy atom. The topological polar surface area (TPSA) is 82.0 Å². The van der Waals surface area contributed by atoms with Crippen LogP contribution in [-0.2, 0) is 9.53 Å². The molecular weight excluding hydrogens is 466 g/mol. The highest BCUT2D eigenvalue weighted by Crippen LogP contribution is 2.31. The second-order valence-electron chi connectivity index (χ2n) is 8.62. The summed E-state index contributed by atoms with van der Waals surface area (Å²) in [7, 11) is 1.79. The second kappa shape index (κ2) is 10.6. The molecule has 1 fully saturated rings. The molecule has 1 aromatic heterocycles. The molecule has 0 unspecified atom stereocenters. The molecule has 0 aliphatic carbocycles. The zero-order valence-corrected chi connectivity index (χ0v) is 20.7. The normalized spacial score (nSPS) is 17.3. The molecule has 9 nitrogen and oxygen atoms in total. The van der Waals surface area contributed by atoms with Crippen LogP contribution in [0.2, 0.25) is 0 Å². The summed E-state index contributed by atoms with van der Waals surface area (Å²) in [5, 5.41) is 9.62. The summed E-state index contributed by atoms with van der Waals surface area (Å²) in [4.78, 5) is 16.8. The van der Waals surface area contributed by atoms with Gasteiger partial charge in [-0.2, -0.15) is 0 Å². The lowest BCUT2D eigenvalue weighted by atomic mass is 10.2. The van der Waals surface area contributed by atoms with Crippen LogP contribution in [0.25, 0.3) is 5.69 Å². The van der Waals surface area contributed by atoms with Gasteiger partial charge in [0.2, 0.25) is 11.9 Å². The molecule has 1 saturated heterocycles. The van der Waals surface area contributed by atoms with Gasteiger partial charge in [-0.15, -0.1) is 10.2 Å². The molecule has 5 rings (SSSR count). The first-order chi connectivity index (χ1) is 17.1. The smallest absolute Gasteiger partial charge is 0.232 e. The lowest BCUT2D eigenvalue weighted by Crippen LogP contribution is -2.42. The highest BCUT2D eigenvalue weighted by Gasteiger charge is 2.25. The van der Waals surface area contributed by atoms with Crippen molar-refractivity contribution in [3.63, 3.8) is 0 Å². The van der Waals surface area contributed by atoms with Crippen molar-refractivity contribution in [2.45, 2.75) is 18.2 Å². The molecule has 0 spiro atoms. The maximum atomic E-state index is 13.0. The molecule has 10 heteroatoms. The van der Waals surface area contributed by atoms with Crippen LogP contribution in [-0.4, -0.2) is 83.9 Å². The van der Waals surface area contributed by atoms with Gasteiger partial charge in [-0.1, -0.05) is 36.0 Å². The number of ether oxygens (including phenoxy) is 3. The molecule has 2 aliphatic rings. The van der Waals surface area contributed by atoms with Gasteiger partial charge in [-0.25, -0.2) is 0 Å². The molecule has 2 aliphatic heterocycles.